The quantitative estimate of drug-likeness (QED) is 0.719. The molecule has 1 aromatic rings. The highest BCUT2D eigenvalue weighted by molar-refractivity contribution is 5.43. The maximum Gasteiger partial charge on any atom is 0.124 e. The highest BCUT2D eigenvalue weighted by Crippen LogP contribution is 2.22. The van der Waals surface area contributed by atoms with Crippen molar-refractivity contribution in [1.29, 1.82) is 5.26 Å². The second kappa shape index (κ2) is 8.37. The van der Waals surface area contributed by atoms with Gasteiger partial charge in [0.25, 0.3) is 0 Å². The van der Waals surface area contributed by atoms with Crippen molar-refractivity contribution in [2.75, 3.05) is 20.3 Å². The summed E-state index contributed by atoms with van der Waals surface area (Å²) in [6, 6.07) is 7.22. The van der Waals surface area contributed by atoms with Crippen LogP contribution in [0.3, 0.4) is 0 Å². The second-order valence-electron chi connectivity index (χ2n) is 4.00. The minimum atomic E-state index is 0.252. The van der Waals surface area contributed by atoms with E-state index in [0.29, 0.717) is 23.7 Å². The average Bonchev–Trinajstić information content (AvgIpc) is 2.42. The Morgan fingerprint density at radius 3 is 2.50 bits per heavy atom. The van der Waals surface area contributed by atoms with Gasteiger partial charge in [0.05, 0.1) is 25.3 Å². The van der Waals surface area contributed by atoms with Crippen molar-refractivity contribution in [3.05, 3.63) is 23.8 Å². The number of hydrogen-bond acceptors (Lipinski definition) is 4. The van der Waals surface area contributed by atoms with Crippen molar-refractivity contribution in [2.24, 2.45) is 0 Å². The Balaban J connectivity index is 2.39. The van der Waals surface area contributed by atoms with Crippen LogP contribution in [0.1, 0.15) is 31.2 Å². The third kappa shape index (κ3) is 5.07. The van der Waals surface area contributed by atoms with Crippen molar-refractivity contribution >= 4 is 0 Å². The van der Waals surface area contributed by atoms with E-state index in [1.54, 1.807) is 25.3 Å². The molecular formula is C14H19NO3. The summed E-state index contributed by atoms with van der Waals surface area (Å²) in [6.07, 6.45) is 3.84. The van der Waals surface area contributed by atoms with Crippen LogP contribution in [0.15, 0.2) is 18.2 Å². The first-order valence-electron chi connectivity index (χ1n) is 6.13. The molecule has 0 heterocycles. The number of nitrogens with zero attached hydrogens (tertiary/aromatic N) is 1. The standard InChI is InChI=1S/C14H19NO3/c1-17-13-8-12(11-15)9-14(10-13)18-7-5-3-2-4-6-16/h8-10,16H,2-7H2,1H3. The van der Waals surface area contributed by atoms with Gasteiger partial charge in [0.2, 0.25) is 0 Å². The Kier molecular flexibility index (Phi) is 6.67. The van der Waals surface area contributed by atoms with Gasteiger partial charge in [0, 0.05) is 12.7 Å². The van der Waals surface area contributed by atoms with Gasteiger partial charge in [0.1, 0.15) is 11.5 Å². The zero-order valence-corrected chi connectivity index (χ0v) is 10.7. The van der Waals surface area contributed by atoms with Crippen LogP contribution in [0.25, 0.3) is 0 Å². The smallest absolute Gasteiger partial charge is 0.124 e. The number of rotatable bonds is 8. The molecule has 1 N–H and O–H groups in total. The normalized spacial score (nSPS) is 9.83. The highest BCUT2D eigenvalue weighted by Gasteiger charge is 2.02. The number of hydrogen-bond donors (Lipinski definition) is 1. The lowest BCUT2D eigenvalue weighted by Crippen LogP contribution is -1.98. The molecule has 0 radical (unpaired) electrons. The van der Waals surface area contributed by atoms with Crippen molar-refractivity contribution in [3.63, 3.8) is 0 Å². The number of methoxy groups -OCH3 is 1. The fraction of sp³-hybridized carbons (Fsp3) is 0.500. The molecule has 0 amide bonds. The first kappa shape index (κ1) is 14.3. The van der Waals surface area contributed by atoms with Crippen molar-refractivity contribution in [1.82, 2.24) is 0 Å². The van der Waals surface area contributed by atoms with Crippen LogP contribution in [-0.2, 0) is 0 Å². The third-order valence-electron chi connectivity index (χ3n) is 2.57. The molecule has 18 heavy (non-hydrogen) atoms. The largest absolute Gasteiger partial charge is 0.497 e. The lowest BCUT2D eigenvalue weighted by molar-refractivity contribution is 0.273. The number of aliphatic hydroxyl groups excluding tert-OH is 1. The summed E-state index contributed by atoms with van der Waals surface area (Å²) >= 11 is 0. The summed E-state index contributed by atoms with van der Waals surface area (Å²) in [7, 11) is 1.56. The summed E-state index contributed by atoms with van der Waals surface area (Å²) in [5, 5.41) is 17.5. The molecule has 0 aromatic heterocycles. The minimum absolute atomic E-state index is 0.252. The van der Waals surface area contributed by atoms with Crippen LogP contribution < -0.4 is 9.47 Å². The Morgan fingerprint density at radius 1 is 1.11 bits per heavy atom. The summed E-state index contributed by atoms with van der Waals surface area (Å²) in [5.41, 5.74) is 0.532. The molecule has 4 heteroatoms. The van der Waals surface area contributed by atoms with Crippen LogP contribution in [0, 0.1) is 11.3 Å². The van der Waals surface area contributed by atoms with E-state index in [1.807, 2.05) is 0 Å². The summed E-state index contributed by atoms with van der Waals surface area (Å²) in [5.74, 6) is 1.29. The predicted molar refractivity (Wildman–Crippen MR) is 68.8 cm³/mol. The minimum Gasteiger partial charge on any atom is -0.497 e. The molecule has 0 aliphatic carbocycles. The van der Waals surface area contributed by atoms with E-state index in [1.165, 1.54) is 0 Å². The number of aliphatic hydroxyl groups is 1. The Morgan fingerprint density at radius 2 is 1.83 bits per heavy atom. The second-order valence-corrected chi connectivity index (χ2v) is 4.00. The lowest BCUT2D eigenvalue weighted by Gasteiger charge is -2.08. The monoisotopic (exact) mass is 249 g/mol. The number of unbranched alkanes of at least 4 members (excludes halogenated alkanes) is 3. The first-order chi connectivity index (χ1) is 8.80. The van der Waals surface area contributed by atoms with Gasteiger partial charge in [-0.1, -0.05) is 6.42 Å². The molecule has 1 aromatic carbocycles. The van der Waals surface area contributed by atoms with Crippen LogP contribution in [0.2, 0.25) is 0 Å². The SMILES string of the molecule is COc1cc(C#N)cc(OCCCCCCO)c1. The lowest BCUT2D eigenvalue weighted by atomic mass is 10.2. The summed E-state index contributed by atoms with van der Waals surface area (Å²) in [4.78, 5) is 0. The molecule has 0 fully saturated rings. The summed E-state index contributed by atoms with van der Waals surface area (Å²) < 4.78 is 10.7. The molecule has 98 valence electrons. The number of benzene rings is 1. The van der Waals surface area contributed by atoms with E-state index in [-0.39, 0.29) is 6.61 Å². The average molecular weight is 249 g/mol. The molecule has 0 atom stereocenters. The molecule has 0 aliphatic rings. The van der Waals surface area contributed by atoms with E-state index in [9.17, 15) is 0 Å². The molecule has 0 aliphatic heterocycles. The van der Waals surface area contributed by atoms with Gasteiger partial charge in [-0.3, -0.25) is 0 Å². The Bertz CT molecular complexity index is 399. The fourth-order valence-electron chi connectivity index (χ4n) is 1.59. The predicted octanol–water partition coefficient (Wildman–Crippen LogP) is 2.50. The van der Waals surface area contributed by atoms with Gasteiger partial charge in [-0.2, -0.15) is 5.26 Å². The van der Waals surface area contributed by atoms with Gasteiger partial charge in [0.15, 0.2) is 0 Å². The number of nitriles is 1. The molecule has 0 saturated carbocycles. The van der Waals surface area contributed by atoms with Crippen molar-refractivity contribution in [3.8, 4) is 17.6 Å². The molecular weight excluding hydrogens is 230 g/mol. The van der Waals surface area contributed by atoms with Crippen molar-refractivity contribution < 1.29 is 14.6 Å². The van der Waals surface area contributed by atoms with Gasteiger partial charge >= 0.3 is 0 Å². The van der Waals surface area contributed by atoms with Gasteiger partial charge in [-0.05, 0) is 31.4 Å². The van der Waals surface area contributed by atoms with E-state index in [0.717, 1.165) is 25.7 Å². The third-order valence-corrected chi connectivity index (χ3v) is 2.57. The molecule has 1 rings (SSSR count). The van der Waals surface area contributed by atoms with Gasteiger partial charge < -0.3 is 14.6 Å². The van der Waals surface area contributed by atoms with E-state index < -0.39 is 0 Å². The molecule has 4 nitrogen and oxygen atoms in total. The Hall–Kier alpha value is -1.73. The maximum atomic E-state index is 8.87. The molecule has 0 spiro atoms. The van der Waals surface area contributed by atoms with Crippen LogP contribution in [0.5, 0.6) is 11.5 Å². The maximum absolute atomic E-state index is 8.87. The first-order valence-corrected chi connectivity index (χ1v) is 6.13. The van der Waals surface area contributed by atoms with Gasteiger partial charge in [-0.25, -0.2) is 0 Å². The van der Waals surface area contributed by atoms with Crippen molar-refractivity contribution in [2.45, 2.75) is 25.7 Å². The van der Waals surface area contributed by atoms with Crippen LogP contribution in [0.4, 0.5) is 0 Å². The zero-order chi connectivity index (χ0) is 13.2. The van der Waals surface area contributed by atoms with E-state index in [2.05, 4.69) is 6.07 Å². The van der Waals surface area contributed by atoms with Gasteiger partial charge in [-0.15, -0.1) is 0 Å². The molecule has 0 unspecified atom stereocenters. The van der Waals surface area contributed by atoms with E-state index >= 15 is 0 Å². The topological polar surface area (TPSA) is 62.5 Å². The fourth-order valence-corrected chi connectivity index (χ4v) is 1.59. The number of ether oxygens (including phenoxy) is 2. The zero-order valence-electron chi connectivity index (χ0n) is 10.7. The van der Waals surface area contributed by atoms with Crippen LogP contribution >= 0.6 is 0 Å². The Labute approximate surface area is 108 Å². The molecule has 0 saturated heterocycles. The highest BCUT2D eigenvalue weighted by atomic mass is 16.5. The summed E-state index contributed by atoms with van der Waals surface area (Å²) in [6.45, 7) is 0.867. The molecule has 0 bridgehead atoms. The van der Waals surface area contributed by atoms with Crippen LogP contribution in [-0.4, -0.2) is 25.4 Å². The van der Waals surface area contributed by atoms with E-state index in [4.69, 9.17) is 19.8 Å².